The van der Waals surface area contributed by atoms with Crippen molar-refractivity contribution in [1.82, 2.24) is 15.1 Å². The maximum Gasteiger partial charge on any atom is 0.0351 e. The minimum atomic E-state index is 0.735. The van der Waals surface area contributed by atoms with Gasteiger partial charge in [0.2, 0.25) is 0 Å². The third-order valence-electron chi connectivity index (χ3n) is 3.29. The molecule has 76 valence electrons. The van der Waals surface area contributed by atoms with E-state index in [2.05, 4.69) is 29.0 Å². The number of hydrogen-bond acceptors (Lipinski definition) is 3. The zero-order valence-electron chi connectivity index (χ0n) is 8.79. The first-order valence-electron chi connectivity index (χ1n) is 5.46. The quantitative estimate of drug-likeness (QED) is 0.649. The van der Waals surface area contributed by atoms with Gasteiger partial charge in [0.15, 0.2) is 0 Å². The SMILES string of the molecule is CC(C)N1CC(N2CCNCC2)C1. The second-order valence-corrected chi connectivity index (χ2v) is 4.49. The highest BCUT2D eigenvalue weighted by molar-refractivity contribution is 4.90. The molecule has 0 radical (unpaired) electrons. The minimum Gasteiger partial charge on any atom is -0.314 e. The number of hydrogen-bond donors (Lipinski definition) is 1. The van der Waals surface area contributed by atoms with Crippen LogP contribution in [-0.2, 0) is 0 Å². The van der Waals surface area contributed by atoms with E-state index in [4.69, 9.17) is 0 Å². The van der Waals surface area contributed by atoms with Gasteiger partial charge in [-0.05, 0) is 13.8 Å². The van der Waals surface area contributed by atoms with E-state index in [1.807, 2.05) is 0 Å². The highest BCUT2D eigenvalue weighted by atomic mass is 15.3. The molecule has 0 amide bonds. The second kappa shape index (κ2) is 3.95. The molecule has 2 aliphatic rings. The summed E-state index contributed by atoms with van der Waals surface area (Å²) in [7, 11) is 0. The van der Waals surface area contributed by atoms with Crippen LogP contribution in [0.25, 0.3) is 0 Å². The highest BCUT2D eigenvalue weighted by Gasteiger charge is 2.33. The lowest BCUT2D eigenvalue weighted by atomic mass is 10.0. The van der Waals surface area contributed by atoms with Gasteiger partial charge in [0.1, 0.15) is 0 Å². The van der Waals surface area contributed by atoms with Crippen molar-refractivity contribution >= 4 is 0 Å². The molecule has 0 aliphatic carbocycles. The molecule has 0 unspecified atom stereocenters. The summed E-state index contributed by atoms with van der Waals surface area (Å²) < 4.78 is 0. The summed E-state index contributed by atoms with van der Waals surface area (Å²) in [6, 6.07) is 1.59. The number of rotatable bonds is 2. The summed E-state index contributed by atoms with van der Waals surface area (Å²) in [4.78, 5) is 5.18. The first-order chi connectivity index (χ1) is 6.27. The summed E-state index contributed by atoms with van der Waals surface area (Å²) >= 11 is 0. The van der Waals surface area contributed by atoms with E-state index in [9.17, 15) is 0 Å². The van der Waals surface area contributed by atoms with E-state index in [0.29, 0.717) is 0 Å². The van der Waals surface area contributed by atoms with Crippen LogP contribution in [0.15, 0.2) is 0 Å². The average molecular weight is 183 g/mol. The van der Waals surface area contributed by atoms with Crippen molar-refractivity contribution in [2.45, 2.75) is 25.9 Å². The molecule has 0 atom stereocenters. The van der Waals surface area contributed by atoms with E-state index in [0.717, 1.165) is 12.1 Å². The molecule has 2 aliphatic heterocycles. The van der Waals surface area contributed by atoms with Gasteiger partial charge in [0, 0.05) is 51.4 Å². The van der Waals surface area contributed by atoms with Gasteiger partial charge in [-0.15, -0.1) is 0 Å². The predicted molar refractivity (Wildman–Crippen MR) is 54.9 cm³/mol. The number of likely N-dealkylation sites (tertiary alicyclic amines) is 1. The van der Waals surface area contributed by atoms with Crippen molar-refractivity contribution in [3.8, 4) is 0 Å². The van der Waals surface area contributed by atoms with Crippen molar-refractivity contribution in [2.75, 3.05) is 39.3 Å². The molecule has 2 heterocycles. The van der Waals surface area contributed by atoms with Crippen LogP contribution in [-0.4, -0.2) is 61.2 Å². The molecule has 2 saturated heterocycles. The zero-order valence-corrected chi connectivity index (χ0v) is 8.79. The van der Waals surface area contributed by atoms with Crippen molar-refractivity contribution < 1.29 is 0 Å². The lowest BCUT2D eigenvalue weighted by molar-refractivity contribution is 0.00863. The molecule has 0 saturated carbocycles. The van der Waals surface area contributed by atoms with Gasteiger partial charge in [-0.3, -0.25) is 9.80 Å². The van der Waals surface area contributed by atoms with E-state index < -0.39 is 0 Å². The summed E-state index contributed by atoms with van der Waals surface area (Å²) in [5.74, 6) is 0. The van der Waals surface area contributed by atoms with Crippen molar-refractivity contribution in [2.24, 2.45) is 0 Å². The molecule has 0 bridgehead atoms. The second-order valence-electron chi connectivity index (χ2n) is 4.49. The molecule has 13 heavy (non-hydrogen) atoms. The number of nitrogens with zero attached hydrogens (tertiary/aromatic N) is 2. The molecular formula is C10H21N3. The third-order valence-corrected chi connectivity index (χ3v) is 3.29. The fourth-order valence-corrected chi connectivity index (χ4v) is 2.19. The predicted octanol–water partition coefficient (Wildman–Crippen LogP) is -0.0158. The minimum absolute atomic E-state index is 0.735. The average Bonchev–Trinajstić information content (AvgIpc) is 2.02. The highest BCUT2D eigenvalue weighted by Crippen LogP contribution is 2.17. The summed E-state index contributed by atoms with van der Waals surface area (Å²) in [6.07, 6.45) is 0. The molecule has 2 fully saturated rings. The van der Waals surface area contributed by atoms with Crippen LogP contribution in [0.5, 0.6) is 0 Å². The third kappa shape index (κ3) is 2.03. The standard InChI is InChI=1S/C10H21N3/c1-9(2)13-7-10(8-13)12-5-3-11-4-6-12/h9-11H,3-8H2,1-2H3. The molecule has 0 aromatic carbocycles. The zero-order chi connectivity index (χ0) is 9.26. The summed E-state index contributed by atoms with van der Waals surface area (Å²) in [6.45, 7) is 12.0. The maximum atomic E-state index is 3.40. The molecule has 3 nitrogen and oxygen atoms in total. The Balaban J connectivity index is 1.72. The molecule has 0 aromatic rings. The molecule has 0 spiro atoms. The molecule has 0 aromatic heterocycles. The Morgan fingerprint density at radius 2 is 1.77 bits per heavy atom. The van der Waals surface area contributed by atoms with Gasteiger partial charge in [-0.2, -0.15) is 0 Å². The monoisotopic (exact) mass is 183 g/mol. The largest absolute Gasteiger partial charge is 0.314 e. The van der Waals surface area contributed by atoms with Gasteiger partial charge < -0.3 is 5.32 Å². The van der Waals surface area contributed by atoms with Gasteiger partial charge >= 0.3 is 0 Å². The van der Waals surface area contributed by atoms with Crippen LogP contribution in [0.1, 0.15) is 13.8 Å². The maximum absolute atomic E-state index is 3.40. The van der Waals surface area contributed by atoms with Crippen LogP contribution in [0.3, 0.4) is 0 Å². The number of nitrogens with one attached hydrogen (secondary N) is 1. The fraction of sp³-hybridized carbons (Fsp3) is 1.00. The van der Waals surface area contributed by atoms with E-state index in [1.165, 1.54) is 39.3 Å². The van der Waals surface area contributed by atoms with Crippen LogP contribution in [0, 0.1) is 0 Å². The van der Waals surface area contributed by atoms with Gasteiger partial charge in [-0.1, -0.05) is 0 Å². The Bertz CT molecular complexity index is 158. The molecular weight excluding hydrogens is 162 g/mol. The van der Waals surface area contributed by atoms with Gasteiger partial charge in [0.05, 0.1) is 0 Å². The van der Waals surface area contributed by atoms with Crippen LogP contribution in [0.4, 0.5) is 0 Å². The first-order valence-corrected chi connectivity index (χ1v) is 5.46. The molecule has 2 rings (SSSR count). The van der Waals surface area contributed by atoms with Crippen LogP contribution < -0.4 is 5.32 Å². The fourth-order valence-electron chi connectivity index (χ4n) is 2.19. The molecule has 3 heteroatoms. The van der Waals surface area contributed by atoms with E-state index >= 15 is 0 Å². The van der Waals surface area contributed by atoms with E-state index in [-0.39, 0.29) is 0 Å². The summed E-state index contributed by atoms with van der Waals surface area (Å²) in [5.41, 5.74) is 0. The Morgan fingerprint density at radius 1 is 1.15 bits per heavy atom. The normalized spacial score (nSPS) is 27.9. The lowest BCUT2D eigenvalue weighted by Crippen LogP contribution is -2.64. The topological polar surface area (TPSA) is 18.5 Å². The lowest BCUT2D eigenvalue weighted by Gasteiger charge is -2.48. The van der Waals surface area contributed by atoms with Crippen LogP contribution in [0.2, 0.25) is 0 Å². The Morgan fingerprint density at radius 3 is 2.31 bits per heavy atom. The van der Waals surface area contributed by atoms with Gasteiger partial charge in [0.25, 0.3) is 0 Å². The van der Waals surface area contributed by atoms with Crippen LogP contribution >= 0.6 is 0 Å². The molecule has 1 N–H and O–H groups in total. The van der Waals surface area contributed by atoms with Gasteiger partial charge in [-0.25, -0.2) is 0 Å². The van der Waals surface area contributed by atoms with Crippen molar-refractivity contribution in [3.63, 3.8) is 0 Å². The number of piperazine rings is 1. The Labute approximate surface area is 81.1 Å². The Hall–Kier alpha value is -0.120. The van der Waals surface area contributed by atoms with Crippen molar-refractivity contribution in [3.05, 3.63) is 0 Å². The first kappa shape index (κ1) is 9.44. The smallest absolute Gasteiger partial charge is 0.0351 e. The Kier molecular flexibility index (Phi) is 2.86. The van der Waals surface area contributed by atoms with E-state index in [1.54, 1.807) is 0 Å². The summed E-state index contributed by atoms with van der Waals surface area (Å²) in [5, 5.41) is 3.40. The van der Waals surface area contributed by atoms with Crippen molar-refractivity contribution in [1.29, 1.82) is 0 Å².